The van der Waals surface area contributed by atoms with Crippen molar-refractivity contribution in [3.05, 3.63) is 58.7 Å². The van der Waals surface area contributed by atoms with Crippen LogP contribution in [0.15, 0.2) is 47.5 Å². The Morgan fingerprint density at radius 3 is 2.77 bits per heavy atom. The molecule has 0 unspecified atom stereocenters. The molecule has 2 amide bonds. The van der Waals surface area contributed by atoms with E-state index >= 15 is 0 Å². The number of carbonyl (C=O) groups excluding carboxylic acids is 2. The summed E-state index contributed by atoms with van der Waals surface area (Å²) in [5.74, 6) is -0.313. The molecular weight excluding hydrogens is 404 g/mol. The van der Waals surface area contributed by atoms with Crippen molar-refractivity contribution in [1.82, 2.24) is 15.3 Å². The lowest BCUT2D eigenvalue weighted by molar-refractivity contribution is -0.124. The molecule has 0 bridgehead atoms. The largest absolute Gasteiger partial charge is 0.324 e. The summed E-state index contributed by atoms with van der Waals surface area (Å²) in [6, 6.07) is 11.9. The van der Waals surface area contributed by atoms with Gasteiger partial charge in [-0.25, -0.2) is 15.0 Å². The molecule has 0 radical (unpaired) electrons. The first-order chi connectivity index (χ1) is 14.4. The van der Waals surface area contributed by atoms with Gasteiger partial charge in [-0.15, -0.1) is 0 Å². The Morgan fingerprint density at radius 2 is 1.97 bits per heavy atom. The quantitative estimate of drug-likeness (QED) is 0.600. The Kier molecular flexibility index (Phi) is 5.33. The second-order valence-electron chi connectivity index (χ2n) is 6.97. The normalized spacial score (nSPS) is 16.0. The number of aromatic nitrogens is 2. The molecule has 4 rings (SSSR count). The third kappa shape index (κ3) is 4.23. The molecule has 1 aliphatic heterocycles. The summed E-state index contributed by atoms with van der Waals surface area (Å²) >= 11 is 6.11. The topological polar surface area (TPSA) is 108 Å². The molecule has 30 heavy (non-hydrogen) atoms. The number of fused-ring (bicyclic) bond motifs is 1. The van der Waals surface area contributed by atoms with Crippen molar-refractivity contribution in [3.63, 3.8) is 0 Å². The van der Waals surface area contributed by atoms with Crippen molar-refractivity contribution in [2.45, 2.75) is 26.3 Å². The highest BCUT2D eigenvalue weighted by molar-refractivity contribution is 6.31. The molecule has 1 atom stereocenters. The van der Waals surface area contributed by atoms with E-state index in [9.17, 15) is 9.59 Å². The molecule has 2 aromatic carbocycles. The molecule has 3 N–H and O–H groups in total. The highest BCUT2D eigenvalue weighted by atomic mass is 35.5. The number of para-hydroxylation sites is 1. The molecule has 9 heteroatoms. The highest BCUT2D eigenvalue weighted by Crippen LogP contribution is 2.21. The van der Waals surface area contributed by atoms with E-state index in [4.69, 9.17) is 11.6 Å². The van der Waals surface area contributed by atoms with E-state index in [0.717, 1.165) is 22.2 Å². The van der Waals surface area contributed by atoms with Gasteiger partial charge in [-0.1, -0.05) is 35.9 Å². The smallest absolute Gasteiger partial charge is 0.249 e. The summed E-state index contributed by atoms with van der Waals surface area (Å²) in [6.07, 6.45) is -0.0613. The number of carbonyl (C=O) groups is 2. The van der Waals surface area contributed by atoms with Crippen LogP contribution in [-0.4, -0.2) is 33.8 Å². The maximum atomic E-state index is 12.6. The summed E-state index contributed by atoms with van der Waals surface area (Å²) in [5.41, 5.74) is 3.00. The Labute approximate surface area is 177 Å². The number of guanidine groups is 1. The monoisotopic (exact) mass is 422 g/mol. The van der Waals surface area contributed by atoms with E-state index in [0.29, 0.717) is 10.7 Å². The van der Waals surface area contributed by atoms with Crippen LogP contribution in [0.2, 0.25) is 5.02 Å². The lowest BCUT2D eigenvalue weighted by Crippen LogP contribution is -2.46. The number of benzene rings is 2. The number of aryl methyl sites for hydroxylation is 2. The zero-order chi connectivity index (χ0) is 21.3. The molecule has 0 spiro atoms. The maximum Gasteiger partial charge on any atom is 0.249 e. The number of hydrogen-bond donors (Lipinski definition) is 3. The number of halogens is 1. The van der Waals surface area contributed by atoms with Gasteiger partial charge in [0.2, 0.25) is 23.7 Å². The first-order valence-corrected chi connectivity index (χ1v) is 9.72. The number of amides is 2. The van der Waals surface area contributed by atoms with Crippen LogP contribution in [0.5, 0.6) is 0 Å². The van der Waals surface area contributed by atoms with Gasteiger partial charge in [0, 0.05) is 16.1 Å². The molecule has 0 fully saturated rings. The summed E-state index contributed by atoms with van der Waals surface area (Å²) in [7, 11) is 0. The number of hydrogen-bond acceptors (Lipinski definition) is 6. The van der Waals surface area contributed by atoms with Crippen LogP contribution < -0.4 is 16.0 Å². The average molecular weight is 423 g/mol. The fraction of sp³-hybridized carbons (Fsp3) is 0.190. The zero-order valence-electron chi connectivity index (χ0n) is 16.4. The summed E-state index contributed by atoms with van der Waals surface area (Å²) in [6.45, 7) is 3.75. The Bertz CT molecular complexity index is 1190. The molecular formula is C21H19ClN6O2. The predicted molar refractivity (Wildman–Crippen MR) is 117 cm³/mol. The van der Waals surface area contributed by atoms with Crippen LogP contribution in [0.4, 0.5) is 11.6 Å². The molecule has 152 valence electrons. The number of rotatable bonds is 3. The predicted octanol–water partition coefficient (Wildman–Crippen LogP) is 3.20. The molecule has 3 aromatic rings. The highest BCUT2D eigenvalue weighted by Gasteiger charge is 2.27. The third-order valence-electron chi connectivity index (χ3n) is 4.69. The van der Waals surface area contributed by atoms with Crippen LogP contribution in [0, 0.1) is 13.8 Å². The van der Waals surface area contributed by atoms with Crippen LogP contribution in [0.1, 0.15) is 17.7 Å². The molecule has 2 heterocycles. The van der Waals surface area contributed by atoms with Crippen molar-refractivity contribution in [1.29, 1.82) is 0 Å². The van der Waals surface area contributed by atoms with Gasteiger partial charge < -0.3 is 5.32 Å². The SMILES string of the molecule is Cc1ccc(NC(=O)[C@@H]2CC(=O)NC(Nc3nc(C)c4ccccc4n3)=N2)cc1Cl. The van der Waals surface area contributed by atoms with Gasteiger partial charge in [0.15, 0.2) is 0 Å². The standard InChI is InChI=1S/C21H19ClN6O2/c1-11-7-8-13(9-15(11)22)24-19(30)17-10-18(29)27-21(26-17)28-20-23-12(2)14-5-3-4-6-16(14)25-20/h3-9,17H,10H2,1-2H3,(H,24,30)(H2,23,25,26,27,28,29)/t17-/m0/s1. The minimum absolute atomic E-state index is 0.0613. The van der Waals surface area contributed by atoms with Crippen molar-refractivity contribution in [3.8, 4) is 0 Å². The second-order valence-corrected chi connectivity index (χ2v) is 7.38. The second kappa shape index (κ2) is 8.08. The Hall–Kier alpha value is -3.52. The van der Waals surface area contributed by atoms with Crippen LogP contribution in [0.3, 0.4) is 0 Å². The Balaban J connectivity index is 1.54. The van der Waals surface area contributed by atoms with Crippen molar-refractivity contribution in [2.75, 3.05) is 10.6 Å². The van der Waals surface area contributed by atoms with E-state index in [2.05, 4.69) is 30.9 Å². The summed E-state index contributed by atoms with van der Waals surface area (Å²) in [4.78, 5) is 37.9. The third-order valence-corrected chi connectivity index (χ3v) is 5.09. The lowest BCUT2D eigenvalue weighted by atomic mass is 10.1. The van der Waals surface area contributed by atoms with Gasteiger partial charge in [0.1, 0.15) is 6.04 Å². The lowest BCUT2D eigenvalue weighted by Gasteiger charge is -2.21. The van der Waals surface area contributed by atoms with Gasteiger partial charge in [-0.05, 0) is 37.6 Å². The fourth-order valence-corrected chi connectivity index (χ4v) is 3.28. The molecule has 1 aliphatic rings. The fourth-order valence-electron chi connectivity index (χ4n) is 3.10. The van der Waals surface area contributed by atoms with Crippen LogP contribution in [-0.2, 0) is 9.59 Å². The van der Waals surface area contributed by atoms with Crippen LogP contribution in [0.25, 0.3) is 10.9 Å². The number of anilines is 2. The van der Waals surface area contributed by atoms with Gasteiger partial charge in [-0.3, -0.25) is 20.2 Å². The van der Waals surface area contributed by atoms with E-state index in [-0.39, 0.29) is 24.2 Å². The minimum Gasteiger partial charge on any atom is -0.324 e. The summed E-state index contributed by atoms with van der Waals surface area (Å²) < 4.78 is 0. The van der Waals surface area contributed by atoms with E-state index < -0.39 is 11.9 Å². The van der Waals surface area contributed by atoms with E-state index in [1.54, 1.807) is 18.2 Å². The van der Waals surface area contributed by atoms with E-state index in [1.165, 1.54) is 0 Å². The minimum atomic E-state index is -0.886. The Morgan fingerprint density at radius 1 is 1.17 bits per heavy atom. The first kappa shape index (κ1) is 19.8. The first-order valence-electron chi connectivity index (χ1n) is 9.34. The van der Waals surface area contributed by atoms with Crippen molar-refractivity contribution in [2.24, 2.45) is 4.99 Å². The van der Waals surface area contributed by atoms with Gasteiger partial charge in [0.05, 0.1) is 17.6 Å². The molecule has 1 aromatic heterocycles. The zero-order valence-corrected chi connectivity index (χ0v) is 17.1. The number of nitrogens with zero attached hydrogens (tertiary/aromatic N) is 3. The molecule has 0 saturated heterocycles. The van der Waals surface area contributed by atoms with E-state index in [1.807, 2.05) is 38.1 Å². The number of aliphatic imine (C=N–C) groups is 1. The molecule has 0 aliphatic carbocycles. The molecule has 8 nitrogen and oxygen atoms in total. The van der Waals surface area contributed by atoms with Gasteiger partial charge in [-0.2, -0.15) is 0 Å². The van der Waals surface area contributed by atoms with Crippen LogP contribution >= 0.6 is 11.6 Å². The van der Waals surface area contributed by atoms with Crippen molar-refractivity contribution >= 4 is 51.9 Å². The average Bonchev–Trinajstić information content (AvgIpc) is 2.70. The van der Waals surface area contributed by atoms with Gasteiger partial charge in [0.25, 0.3) is 0 Å². The molecule has 0 saturated carbocycles. The number of nitrogens with one attached hydrogen (secondary N) is 3. The van der Waals surface area contributed by atoms with Crippen molar-refractivity contribution < 1.29 is 9.59 Å². The summed E-state index contributed by atoms with van der Waals surface area (Å²) in [5, 5.41) is 9.75. The van der Waals surface area contributed by atoms with Gasteiger partial charge >= 0.3 is 0 Å². The maximum absolute atomic E-state index is 12.6.